The highest BCUT2D eigenvalue weighted by Crippen LogP contribution is 2.21. The van der Waals surface area contributed by atoms with Crippen LogP contribution in [0.25, 0.3) is 0 Å². The van der Waals surface area contributed by atoms with Crippen LogP contribution in [0.1, 0.15) is 25.8 Å². The standard InChI is InChI=1S/C15H24N2O3S/c1-10(2)7-12(9-16)15(18)17-14-8-13(21(4,19)20)6-5-11(14)3/h5-6,8,10,12H,7,9,16H2,1-4H3,(H,17,18). The van der Waals surface area contributed by atoms with E-state index in [1.165, 1.54) is 12.1 Å². The van der Waals surface area contributed by atoms with Gasteiger partial charge >= 0.3 is 0 Å². The third kappa shape index (κ3) is 5.13. The van der Waals surface area contributed by atoms with Gasteiger partial charge in [-0.3, -0.25) is 4.79 Å². The fourth-order valence-corrected chi connectivity index (χ4v) is 2.73. The van der Waals surface area contributed by atoms with Crippen molar-refractivity contribution in [1.29, 1.82) is 0 Å². The van der Waals surface area contributed by atoms with E-state index in [1.54, 1.807) is 6.07 Å². The van der Waals surface area contributed by atoms with E-state index in [9.17, 15) is 13.2 Å². The van der Waals surface area contributed by atoms with E-state index < -0.39 is 9.84 Å². The molecule has 1 atom stereocenters. The van der Waals surface area contributed by atoms with E-state index >= 15 is 0 Å². The first-order valence-electron chi connectivity index (χ1n) is 6.96. The lowest BCUT2D eigenvalue weighted by atomic mass is 9.96. The number of carbonyl (C=O) groups is 1. The summed E-state index contributed by atoms with van der Waals surface area (Å²) in [6.07, 6.45) is 1.85. The highest BCUT2D eigenvalue weighted by Gasteiger charge is 2.19. The van der Waals surface area contributed by atoms with E-state index in [0.717, 1.165) is 11.8 Å². The van der Waals surface area contributed by atoms with E-state index in [-0.39, 0.29) is 23.3 Å². The zero-order valence-corrected chi connectivity index (χ0v) is 13.8. The van der Waals surface area contributed by atoms with Gasteiger partial charge in [0.05, 0.1) is 10.8 Å². The third-order valence-corrected chi connectivity index (χ3v) is 4.42. The van der Waals surface area contributed by atoms with Gasteiger partial charge in [0, 0.05) is 18.5 Å². The number of rotatable bonds is 6. The van der Waals surface area contributed by atoms with Crippen LogP contribution in [-0.2, 0) is 14.6 Å². The fraction of sp³-hybridized carbons (Fsp3) is 0.533. The van der Waals surface area contributed by atoms with Crippen LogP contribution in [0.4, 0.5) is 5.69 Å². The molecule has 0 saturated carbocycles. The molecular formula is C15H24N2O3S. The molecule has 1 aromatic carbocycles. The monoisotopic (exact) mass is 312 g/mol. The molecule has 0 fully saturated rings. The summed E-state index contributed by atoms with van der Waals surface area (Å²) in [4.78, 5) is 12.4. The molecule has 0 spiro atoms. The number of hydrogen-bond acceptors (Lipinski definition) is 4. The van der Waals surface area contributed by atoms with Crippen LogP contribution in [0, 0.1) is 18.8 Å². The number of amides is 1. The van der Waals surface area contributed by atoms with Gasteiger partial charge in [0.15, 0.2) is 9.84 Å². The number of benzene rings is 1. The summed E-state index contributed by atoms with van der Waals surface area (Å²) in [5, 5.41) is 2.80. The molecule has 1 aromatic rings. The van der Waals surface area contributed by atoms with Crippen LogP contribution < -0.4 is 11.1 Å². The molecule has 0 aromatic heterocycles. The molecule has 0 saturated heterocycles. The van der Waals surface area contributed by atoms with Crippen LogP contribution >= 0.6 is 0 Å². The van der Waals surface area contributed by atoms with Gasteiger partial charge in [0.25, 0.3) is 0 Å². The lowest BCUT2D eigenvalue weighted by Gasteiger charge is -2.18. The molecule has 0 bridgehead atoms. The molecule has 3 N–H and O–H groups in total. The average molecular weight is 312 g/mol. The van der Waals surface area contributed by atoms with Crippen LogP contribution in [0.2, 0.25) is 0 Å². The highest BCUT2D eigenvalue weighted by molar-refractivity contribution is 7.90. The number of hydrogen-bond donors (Lipinski definition) is 2. The zero-order valence-electron chi connectivity index (χ0n) is 13.0. The van der Waals surface area contributed by atoms with Gasteiger partial charge in [0.1, 0.15) is 0 Å². The van der Waals surface area contributed by atoms with Crippen molar-refractivity contribution in [3.63, 3.8) is 0 Å². The minimum absolute atomic E-state index is 0.167. The highest BCUT2D eigenvalue weighted by atomic mass is 32.2. The lowest BCUT2D eigenvalue weighted by Crippen LogP contribution is -2.30. The molecule has 1 rings (SSSR count). The smallest absolute Gasteiger partial charge is 0.228 e. The van der Waals surface area contributed by atoms with Gasteiger partial charge in [-0.2, -0.15) is 0 Å². The SMILES string of the molecule is Cc1ccc(S(C)(=O)=O)cc1NC(=O)C(CN)CC(C)C. The second-order valence-corrected chi connectivity index (χ2v) is 7.82. The normalized spacial score (nSPS) is 13.2. The Hall–Kier alpha value is -1.40. The van der Waals surface area contributed by atoms with Crippen molar-refractivity contribution < 1.29 is 13.2 Å². The minimum Gasteiger partial charge on any atom is -0.330 e. The number of nitrogens with one attached hydrogen (secondary N) is 1. The van der Waals surface area contributed by atoms with Crippen molar-refractivity contribution in [2.45, 2.75) is 32.1 Å². The van der Waals surface area contributed by atoms with Gasteiger partial charge in [-0.15, -0.1) is 0 Å². The molecule has 1 amide bonds. The predicted octanol–water partition coefficient (Wildman–Crippen LogP) is 1.96. The molecule has 118 valence electrons. The number of carbonyl (C=O) groups excluding carboxylic acids is 1. The Balaban J connectivity index is 2.99. The summed E-state index contributed by atoms with van der Waals surface area (Å²) >= 11 is 0. The van der Waals surface area contributed by atoms with Crippen molar-refractivity contribution in [3.05, 3.63) is 23.8 Å². The summed E-state index contributed by atoms with van der Waals surface area (Å²) in [6.45, 7) is 6.16. The Labute approximate surface area is 126 Å². The quantitative estimate of drug-likeness (QED) is 0.840. The van der Waals surface area contributed by atoms with Gasteiger partial charge in [-0.05, 0) is 37.0 Å². The summed E-state index contributed by atoms with van der Waals surface area (Å²) in [7, 11) is -3.30. The first kappa shape index (κ1) is 17.7. The zero-order chi connectivity index (χ0) is 16.2. The molecule has 1 unspecified atom stereocenters. The van der Waals surface area contributed by atoms with E-state index in [1.807, 2.05) is 20.8 Å². The second-order valence-electron chi connectivity index (χ2n) is 5.80. The maximum Gasteiger partial charge on any atom is 0.228 e. The summed E-state index contributed by atoms with van der Waals surface area (Å²) in [5.41, 5.74) is 6.99. The first-order chi connectivity index (χ1) is 9.65. The van der Waals surface area contributed by atoms with Crippen LogP contribution in [0.3, 0.4) is 0 Å². The van der Waals surface area contributed by atoms with Crippen LogP contribution in [-0.4, -0.2) is 27.1 Å². The first-order valence-corrected chi connectivity index (χ1v) is 8.86. The molecule has 0 heterocycles. The number of nitrogens with two attached hydrogens (primary N) is 1. The summed E-state index contributed by atoms with van der Waals surface area (Å²) < 4.78 is 23.2. The van der Waals surface area contributed by atoms with E-state index in [0.29, 0.717) is 18.0 Å². The van der Waals surface area contributed by atoms with Crippen LogP contribution in [0.5, 0.6) is 0 Å². The molecular weight excluding hydrogens is 288 g/mol. The second kappa shape index (κ2) is 7.04. The Bertz CT molecular complexity index is 609. The Morgan fingerprint density at radius 3 is 2.43 bits per heavy atom. The Morgan fingerprint density at radius 2 is 1.95 bits per heavy atom. The van der Waals surface area contributed by atoms with E-state index in [4.69, 9.17) is 5.73 Å². The third-order valence-electron chi connectivity index (χ3n) is 3.31. The number of sulfone groups is 1. The summed E-state index contributed by atoms with van der Waals surface area (Å²) in [6, 6.07) is 4.71. The molecule has 0 aliphatic carbocycles. The Kier molecular flexibility index (Phi) is 5.92. The van der Waals surface area contributed by atoms with E-state index in [2.05, 4.69) is 5.32 Å². The van der Waals surface area contributed by atoms with Gasteiger partial charge in [-0.1, -0.05) is 19.9 Å². The van der Waals surface area contributed by atoms with Crippen molar-refractivity contribution >= 4 is 21.4 Å². The Morgan fingerprint density at radius 1 is 1.33 bits per heavy atom. The topological polar surface area (TPSA) is 89.3 Å². The maximum absolute atomic E-state index is 12.3. The van der Waals surface area contributed by atoms with Crippen molar-refractivity contribution in [2.24, 2.45) is 17.6 Å². The van der Waals surface area contributed by atoms with Crippen molar-refractivity contribution in [1.82, 2.24) is 0 Å². The van der Waals surface area contributed by atoms with Crippen LogP contribution in [0.15, 0.2) is 23.1 Å². The molecule has 21 heavy (non-hydrogen) atoms. The molecule has 0 aliphatic rings. The van der Waals surface area contributed by atoms with Crippen molar-refractivity contribution in [2.75, 3.05) is 18.1 Å². The largest absolute Gasteiger partial charge is 0.330 e. The molecule has 6 heteroatoms. The summed E-state index contributed by atoms with van der Waals surface area (Å²) in [5.74, 6) is -0.0704. The average Bonchev–Trinajstić information content (AvgIpc) is 2.36. The maximum atomic E-state index is 12.3. The number of anilines is 1. The van der Waals surface area contributed by atoms with Crippen molar-refractivity contribution in [3.8, 4) is 0 Å². The predicted molar refractivity (Wildman–Crippen MR) is 84.9 cm³/mol. The van der Waals surface area contributed by atoms with Gasteiger partial charge in [0.2, 0.25) is 5.91 Å². The van der Waals surface area contributed by atoms with Gasteiger partial charge < -0.3 is 11.1 Å². The number of aryl methyl sites for hydroxylation is 1. The molecule has 0 radical (unpaired) electrons. The fourth-order valence-electron chi connectivity index (χ4n) is 2.08. The van der Waals surface area contributed by atoms with Gasteiger partial charge in [-0.25, -0.2) is 8.42 Å². The lowest BCUT2D eigenvalue weighted by molar-refractivity contribution is -0.120. The minimum atomic E-state index is -3.30. The molecule has 0 aliphatic heterocycles. The molecule has 5 nitrogen and oxygen atoms in total.